The molecule has 1 fully saturated rings. The Morgan fingerprint density at radius 1 is 1.03 bits per heavy atom. The minimum absolute atomic E-state index is 0.128. The number of nitrogens with zero attached hydrogens (tertiary/aromatic N) is 1. The average Bonchev–Trinajstić information content (AvgIpc) is 3.30. The summed E-state index contributed by atoms with van der Waals surface area (Å²) < 4.78 is 43.5. The zero-order chi connectivity index (χ0) is 27.4. The maximum absolute atomic E-state index is 13.8. The van der Waals surface area contributed by atoms with Gasteiger partial charge in [0.1, 0.15) is 22.2 Å². The zero-order valence-corrected chi connectivity index (χ0v) is 23.3. The molecule has 204 valence electrons. The molecule has 4 rings (SSSR count). The Morgan fingerprint density at radius 2 is 1.68 bits per heavy atom. The summed E-state index contributed by atoms with van der Waals surface area (Å²) in [5.74, 6) is 1.11. The van der Waals surface area contributed by atoms with E-state index in [1.807, 2.05) is 6.07 Å². The second-order valence-electron chi connectivity index (χ2n) is 8.71. The number of urea groups is 1. The molecule has 12 heteroatoms. The van der Waals surface area contributed by atoms with Gasteiger partial charge in [0.05, 0.1) is 41.7 Å². The molecule has 10 nitrogen and oxygen atoms in total. The number of benzene rings is 2. The largest absolute Gasteiger partial charge is 0.497 e. The quantitative estimate of drug-likeness (QED) is 0.424. The number of piperidine rings is 1. The molecule has 38 heavy (non-hydrogen) atoms. The van der Waals surface area contributed by atoms with Crippen molar-refractivity contribution in [1.82, 2.24) is 10.2 Å². The number of thiophene rings is 1. The van der Waals surface area contributed by atoms with E-state index in [9.17, 15) is 18.0 Å². The molecule has 1 aromatic heterocycles. The number of methoxy groups -OCH3 is 3. The number of amides is 3. The first-order valence-corrected chi connectivity index (χ1v) is 14.5. The molecule has 0 saturated carbocycles. The Bertz CT molecular complexity index is 1420. The molecule has 0 spiro atoms. The summed E-state index contributed by atoms with van der Waals surface area (Å²) in [7, 11) is 0.802. The van der Waals surface area contributed by atoms with Crippen molar-refractivity contribution in [1.29, 1.82) is 0 Å². The fourth-order valence-corrected chi connectivity index (χ4v) is 7.48. The number of likely N-dealkylation sites (tertiary alicyclic amines) is 1. The molecule has 1 aliphatic rings. The van der Waals surface area contributed by atoms with Crippen LogP contribution in [-0.4, -0.2) is 71.5 Å². The van der Waals surface area contributed by atoms with Gasteiger partial charge in [-0.25, -0.2) is 13.2 Å². The summed E-state index contributed by atoms with van der Waals surface area (Å²) in [6.45, 7) is 2.75. The Hall–Kier alpha value is -3.51. The molecule has 0 aliphatic carbocycles. The minimum atomic E-state index is -3.68. The van der Waals surface area contributed by atoms with E-state index >= 15 is 0 Å². The number of carbonyl (C=O) groups excluding carboxylic acids is 2. The Morgan fingerprint density at radius 3 is 2.26 bits per heavy atom. The third-order valence-corrected chi connectivity index (χ3v) is 9.88. The van der Waals surface area contributed by atoms with Gasteiger partial charge in [-0.15, -0.1) is 11.3 Å². The van der Waals surface area contributed by atoms with Crippen LogP contribution in [0.15, 0.2) is 41.3 Å². The first-order valence-electron chi connectivity index (χ1n) is 12.1. The molecule has 3 aromatic rings. The van der Waals surface area contributed by atoms with Crippen LogP contribution in [0.3, 0.4) is 0 Å². The highest BCUT2D eigenvalue weighted by molar-refractivity contribution is 7.92. The Balaban J connectivity index is 1.59. The van der Waals surface area contributed by atoms with Crippen molar-refractivity contribution in [3.05, 3.63) is 42.0 Å². The van der Waals surface area contributed by atoms with Gasteiger partial charge in [-0.2, -0.15) is 0 Å². The molecule has 1 saturated heterocycles. The van der Waals surface area contributed by atoms with Crippen molar-refractivity contribution >= 4 is 48.2 Å². The van der Waals surface area contributed by atoms with E-state index in [0.717, 1.165) is 4.70 Å². The van der Waals surface area contributed by atoms with Crippen molar-refractivity contribution < 1.29 is 32.2 Å². The molecule has 2 aromatic carbocycles. The summed E-state index contributed by atoms with van der Waals surface area (Å²) >= 11 is 1.27. The lowest BCUT2D eigenvalue weighted by Crippen LogP contribution is -2.42. The fourth-order valence-electron chi connectivity index (χ4n) is 4.53. The maximum Gasteiger partial charge on any atom is 0.319 e. The highest BCUT2D eigenvalue weighted by Gasteiger charge is 2.35. The summed E-state index contributed by atoms with van der Waals surface area (Å²) in [6.07, 6.45) is 0.552. The summed E-state index contributed by atoms with van der Waals surface area (Å²) in [4.78, 5) is 27.9. The van der Waals surface area contributed by atoms with Crippen LogP contribution in [0.25, 0.3) is 10.1 Å². The number of nitrogens with one attached hydrogen (secondary N) is 2. The van der Waals surface area contributed by atoms with Crippen LogP contribution in [0.5, 0.6) is 17.2 Å². The first kappa shape index (κ1) is 27.5. The number of fused-ring (bicyclic) bond motifs is 1. The monoisotopic (exact) mass is 561 g/mol. The lowest BCUT2D eigenvalue weighted by atomic mass is 10.1. The van der Waals surface area contributed by atoms with Gasteiger partial charge in [-0.3, -0.25) is 10.1 Å². The van der Waals surface area contributed by atoms with E-state index in [1.54, 1.807) is 37.1 Å². The fraction of sp³-hybridized carbons (Fsp3) is 0.385. The highest BCUT2D eigenvalue weighted by atomic mass is 32.2. The van der Waals surface area contributed by atoms with Gasteiger partial charge in [0.25, 0.3) is 5.91 Å². The number of hydrogen-bond acceptors (Lipinski definition) is 8. The van der Waals surface area contributed by atoms with E-state index < -0.39 is 21.1 Å². The summed E-state index contributed by atoms with van der Waals surface area (Å²) in [5.41, 5.74) is 0.369. The molecule has 0 atom stereocenters. The van der Waals surface area contributed by atoms with Crippen molar-refractivity contribution in [2.75, 3.05) is 46.3 Å². The zero-order valence-electron chi connectivity index (χ0n) is 21.7. The minimum Gasteiger partial charge on any atom is -0.497 e. The summed E-state index contributed by atoms with van der Waals surface area (Å²) in [5, 5.41) is 5.91. The predicted octanol–water partition coefficient (Wildman–Crippen LogP) is 4.15. The van der Waals surface area contributed by atoms with E-state index in [1.165, 1.54) is 37.7 Å². The molecular weight excluding hydrogens is 530 g/mol. The Kier molecular flexibility index (Phi) is 8.32. The lowest BCUT2D eigenvalue weighted by molar-refractivity contribution is 0.0729. The molecule has 1 aliphatic heterocycles. The van der Waals surface area contributed by atoms with E-state index in [4.69, 9.17) is 14.2 Å². The van der Waals surface area contributed by atoms with Gasteiger partial charge in [0, 0.05) is 31.1 Å². The van der Waals surface area contributed by atoms with Crippen molar-refractivity contribution in [3.63, 3.8) is 0 Å². The SMILES string of the molecule is CCNC(=O)Nc1sc2c(OC)cccc2c1C(=O)N1CCC(S(=O)(=O)c2cc(OC)cc(OC)c2)CC1. The first-order chi connectivity index (χ1) is 18.2. The number of ether oxygens (including phenoxy) is 3. The van der Waals surface area contributed by atoms with Gasteiger partial charge in [0.2, 0.25) is 0 Å². The maximum atomic E-state index is 13.8. The Labute approximate surface area is 225 Å². The topological polar surface area (TPSA) is 123 Å². The summed E-state index contributed by atoms with van der Waals surface area (Å²) in [6, 6.07) is 9.59. The van der Waals surface area contributed by atoms with Crippen molar-refractivity contribution in [3.8, 4) is 17.2 Å². The molecular formula is C26H31N3O7S2. The molecule has 0 bridgehead atoms. The third kappa shape index (κ3) is 5.37. The van der Waals surface area contributed by atoms with Gasteiger partial charge in [-0.05, 0) is 38.0 Å². The molecule has 3 amide bonds. The van der Waals surface area contributed by atoms with Crippen molar-refractivity contribution in [2.45, 2.75) is 29.9 Å². The molecule has 2 N–H and O–H groups in total. The predicted molar refractivity (Wildman–Crippen MR) is 147 cm³/mol. The number of sulfone groups is 1. The number of rotatable bonds is 8. The van der Waals surface area contributed by atoms with E-state index in [0.29, 0.717) is 39.7 Å². The van der Waals surface area contributed by atoms with E-state index in [2.05, 4.69) is 10.6 Å². The number of hydrogen-bond donors (Lipinski definition) is 2. The molecule has 0 radical (unpaired) electrons. The van der Waals surface area contributed by atoms with Crippen LogP contribution < -0.4 is 24.8 Å². The molecule has 0 unspecified atom stereocenters. The van der Waals surface area contributed by atoms with Crippen LogP contribution in [0.2, 0.25) is 0 Å². The number of anilines is 1. The standard InChI is InChI=1S/C26H31N3O7S2/c1-5-27-26(31)28-24-22(20-7-6-8-21(36-4)23(20)37-24)25(30)29-11-9-18(10-12-29)38(32,33)19-14-16(34-2)13-17(15-19)35-3/h6-8,13-15,18H,5,9-12H2,1-4H3,(H2,27,28,31). The van der Waals surface area contributed by atoms with Gasteiger partial charge >= 0.3 is 6.03 Å². The van der Waals surface area contributed by atoms with Gasteiger partial charge in [0.15, 0.2) is 9.84 Å². The lowest BCUT2D eigenvalue weighted by Gasteiger charge is -2.32. The smallest absolute Gasteiger partial charge is 0.319 e. The number of carbonyl (C=O) groups is 2. The molecule has 2 heterocycles. The van der Waals surface area contributed by atoms with Crippen LogP contribution >= 0.6 is 11.3 Å². The average molecular weight is 562 g/mol. The highest BCUT2D eigenvalue weighted by Crippen LogP contribution is 2.42. The van der Waals surface area contributed by atoms with Gasteiger partial charge < -0.3 is 24.4 Å². The van der Waals surface area contributed by atoms with Gasteiger partial charge in [-0.1, -0.05) is 12.1 Å². The van der Waals surface area contributed by atoms with Crippen LogP contribution in [0.1, 0.15) is 30.1 Å². The van der Waals surface area contributed by atoms with Crippen LogP contribution in [0.4, 0.5) is 9.80 Å². The van der Waals surface area contributed by atoms with Crippen molar-refractivity contribution in [2.24, 2.45) is 0 Å². The normalized spacial score (nSPS) is 14.3. The second-order valence-corrected chi connectivity index (χ2v) is 12.0. The third-order valence-electron chi connectivity index (χ3n) is 6.50. The van der Waals surface area contributed by atoms with Crippen LogP contribution in [0, 0.1) is 0 Å². The van der Waals surface area contributed by atoms with E-state index in [-0.39, 0.29) is 36.7 Å². The second kappa shape index (κ2) is 11.5. The van der Waals surface area contributed by atoms with Crippen LogP contribution in [-0.2, 0) is 9.84 Å².